The molecule has 5 heteroatoms. The molecule has 0 amide bonds. The molecule has 5 nitrogen and oxygen atoms in total. The summed E-state index contributed by atoms with van der Waals surface area (Å²) in [7, 11) is 1.32. The van der Waals surface area contributed by atoms with E-state index in [1.807, 2.05) is 12.1 Å². The molecule has 0 heterocycles. The minimum absolute atomic E-state index is 0.0730. The molecule has 0 saturated heterocycles. The predicted octanol–water partition coefficient (Wildman–Crippen LogP) is 5.47. The highest BCUT2D eigenvalue weighted by molar-refractivity contribution is 5.71. The SMILES string of the molecule is CCCOCC(C)(C)[C@@H](C)/C=C/C1CCC[C@@H]1c1cccc(OCC(=O)OC)c1O. The standard InChI is InChI=1S/C25H38O5/c1-6-15-29-17-25(3,4)18(2)13-14-19-9-7-10-20(19)21-11-8-12-22(24(21)27)30-16-23(26)28-5/h8,11-14,18-20,27H,6-7,9-10,15-17H2,1-5H3/b14-13+/t18-,19?,20-/m0/s1. The molecule has 1 unspecified atom stereocenters. The van der Waals surface area contributed by atoms with Gasteiger partial charge in [0.25, 0.3) is 0 Å². The lowest BCUT2D eigenvalue weighted by molar-refractivity contribution is -0.142. The summed E-state index contributed by atoms with van der Waals surface area (Å²) in [6, 6.07) is 5.52. The molecular formula is C25H38O5. The quantitative estimate of drug-likeness (QED) is 0.293. The molecule has 1 aromatic carbocycles. The maximum Gasteiger partial charge on any atom is 0.343 e. The molecule has 1 fully saturated rings. The van der Waals surface area contributed by atoms with Gasteiger partial charge in [0.2, 0.25) is 0 Å². The van der Waals surface area contributed by atoms with E-state index in [1.54, 1.807) is 6.07 Å². The van der Waals surface area contributed by atoms with E-state index in [-0.39, 0.29) is 23.7 Å². The Kier molecular flexibility index (Phi) is 9.22. The molecule has 1 aliphatic carbocycles. The van der Waals surface area contributed by atoms with Gasteiger partial charge in [0, 0.05) is 12.2 Å². The van der Waals surface area contributed by atoms with E-state index in [4.69, 9.17) is 9.47 Å². The number of benzene rings is 1. The van der Waals surface area contributed by atoms with Crippen LogP contribution in [0.4, 0.5) is 0 Å². The van der Waals surface area contributed by atoms with Crippen molar-refractivity contribution in [3.05, 3.63) is 35.9 Å². The fourth-order valence-corrected chi connectivity index (χ4v) is 3.94. The van der Waals surface area contributed by atoms with E-state index in [2.05, 4.69) is 44.6 Å². The van der Waals surface area contributed by atoms with Gasteiger partial charge in [-0.25, -0.2) is 4.79 Å². The molecule has 1 aliphatic rings. The first kappa shape index (κ1) is 24.3. The van der Waals surface area contributed by atoms with Crippen LogP contribution in [0.5, 0.6) is 11.5 Å². The lowest BCUT2D eigenvalue weighted by atomic mass is 9.79. The third-order valence-corrected chi connectivity index (χ3v) is 6.27. The van der Waals surface area contributed by atoms with Crippen molar-refractivity contribution in [1.82, 2.24) is 0 Å². The van der Waals surface area contributed by atoms with E-state index in [1.165, 1.54) is 7.11 Å². The topological polar surface area (TPSA) is 65.0 Å². The molecule has 0 bridgehead atoms. The molecule has 0 aliphatic heterocycles. The summed E-state index contributed by atoms with van der Waals surface area (Å²) >= 11 is 0. The Labute approximate surface area is 181 Å². The second-order valence-corrected chi connectivity index (χ2v) is 8.97. The first-order valence-corrected chi connectivity index (χ1v) is 11.1. The fraction of sp³-hybridized carbons (Fsp3) is 0.640. The third-order valence-electron chi connectivity index (χ3n) is 6.27. The van der Waals surface area contributed by atoms with Gasteiger partial charge in [0.05, 0.1) is 13.7 Å². The van der Waals surface area contributed by atoms with Crippen molar-refractivity contribution in [3.63, 3.8) is 0 Å². The second kappa shape index (κ2) is 11.4. The van der Waals surface area contributed by atoms with Crippen molar-refractivity contribution in [2.24, 2.45) is 17.3 Å². The highest BCUT2D eigenvalue weighted by Crippen LogP contribution is 2.46. The van der Waals surface area contributed by atoms with Gasteiger partial charge in [-0.15, -0.1) is 0 Å². The summed E-state index contributed by atoms with van der Waals surface area (Å²) < 4.78 is 15.9. The maximum atomic E-state index is 11.4. The predicted molar refractivity (Wildman–Crippen MR) is 119 cm³/mol. The van der Waals surface area contributed by atoms with Crippen LogP contribution < -0.4 is 4.74 Å². The summed E-state index contributed by atoms with van der Waals surface area (Å²) in [5.41, 5.74) is 0.964. The number of aromatic hydroxyl groups is 1. The monoisotopic (exact) mass is 418 g/mol. The van der Waals surface area contributed by atoms with Crippen LogP contribution in [0.15, 0.2) is 30.4 Å². The molecule has 1 saturated carbocycles. The summed E-state index contributed by atoms with van der Waals surface area (Å²) in [6.45, 7) is 10.2. The first-order chi connectivity index (χ1) is 14.3. The van der Waals surface area contributed by atoms with Gasteiger partial charge in [-0.3, -0.25) is 0 Å². The Morgan fingerprint density at radius 1 is 1.33 bits per heavy atom. The van der Waals surface area contributed by atoms with E-state index < -0.39 is 5.97 Å². The van der Waals surface area contributed by atoms with Crippen molar-refractivity contribution in [2.45, 2.75) is 59.3 Å². The highest BCUT2D eigenvalue weighted by atomic mass is 16.6. The molecule has 0 spiro atoms. The molecule has 1 aromatic rings. The number of carbonyl (C=O) groups excluding carboxylic acids is 1. The van der Waals surface area contributed by atoms with E-state index in [0.717, 1.165) is 44.5 Å². The van der Waals surface area contributed by atoms with Crippen molar-refractivity contribution in [3.8, 4) is 11.5 Å². The van der Waals surface area contributed by atoms with Crippen LogP contribution in [0.25, 0.3) is 0 Å². The molecule has 3 atom stereocenters. The number of methoxy groups -OCH3 is 1. The minimum atomic E-state index is -0.471. The van der Waals surface area contributed by atoms with Crippen LogP contribution in [-0.2, 0) is 14.3 Å². The number of allylic oxidation sites excluding steroid dienone is 2. The minimum Gasteiger partial charge on any atom is -0.504 e. The number of para-hydroxylation sites is 1. The van der Waals surface area contributed by atoms with Gasteiger partial charge in [0.15, 0.2) is 18.1 Å². The largest absolute Gasteiger partial charge is 0.504 e. The van der Waals surface area contributed by atoms with Gasteiger partial charge in [-0.2, -0.15) is 0 Å². The van der Waals surface area contributed by atoms with Crippen molar-refractivity contribution in [2.75, 3.05) is 26.9 Å². The normalized spacial score (nSPS) is 20.4. The summed E-state index contributed by atoms with van der Waals surface area (Å²) in [4.78, 5) is 11.4. The van der Waals surface area contributed by atoms with Crippen molar-refractivity contribution in [1.29, 1.82) is 0 Å². The van der Waals surface area contributed by atoms with Crippen molar-refractivity contribution >= 4 is 5.97 Å². The Hall–Kier alpha value is -2.01. The number of esters is 1. The van der Waals surface area contributed by atoms with E-state index >= 15 is 0 Å². The first-order valence-electron chi connectivity index (χ1n) is 11.1. The molecule has 168 valence electrons. The summed E-state index contributed by atoms with van der Waals surface area (Å²) in [5.74, 6) is 0.999. The zero-order valence-electron chi connectivity index (χ0n) is 19.1. The van der Waals surface area contributed by atoms with E-state index in [9.17, 15) is 9.90 Å². The number of carbonyl (C=O) groups is 1. The Bertz CT molecular complexity index is 709. The number of rotatable bonds is 11. The van der Waals surface area contributed by atoms with Crippen LogP contribution >= 0.6 is 0 Å². The molecule has 30 heavy (non-hydrogen) atoms. The fourth-order valence-electron chi connectivity index (χ4n) is 3.94. The lowest BCUT2D eigenvalue weighted by Gasteiger charge is -2.30. The lowest BCUT2D eigenvalue weighted by Crippen LogP contribution is -2.26. The van der Waals surface area contributed by atoms with Gasteiger partial charge in [0.1, 0.15) is 0 Å². The van der Waals surface area contributed by atoms with Gasteiger partial charge in [-0.05, 0) is 48.5 Å². The number of phenolic OH excluding ortho intramolecular Hbond substituents is 1. The van der Waals surface area contributed by atoms with Crippen LogP contribution in [-0.4, -0.2) is 38.0 Å². The van der Waals surface area contributed by atoms with Gasteiger partial charge in [-0.1, -0.05) is 58.4 Å². The Balaban J connectivity index is 2.08. The van der Waals surface area contributed by atoms with Gasteiger partial charge < -0.3 is 19.3 Å². The number of ether oxygens (including phenoxy) is 3. The summed E-state index contributed by atoms with van der Waals surface area (Å²) in [6.07, 6.45) is 8.94. The molecule has 2 rings (SSSR count). The molecular weight excluding hydrogens is 380 g/mol. The average molecular weight is 419 g/mol. The number of hydrogen-bond donors (Lipinski definition) is 1. The van der Waals surface area contributed by atoms with Crippen LogP contribution in [0.1, 0.15) is 64.9 Å². The Morgan fingerprint density at radius 2 is 2.10 bits per heavy atom. The molecule has 0 aromatic heterocycles. The number of phenols is 1. The highest BCUT2D eigenvalue weighted by Gasteiger charge is 2.31. The number of hydrogen-bond acceptors (Lipinski definition) is 5. The van der Waals surface area contributed by atoms with Gasteiger partial charge >= 0.3 is 5.97 Å². The van der Waals surface area contributed by atoms with Crippen LogP contribution in [0, 0.1) is 17.3 Å². The van der Waals surface area contributed by atoms with E-state index in [0.29, 0.717) is 17.6 Å². The molecule has 0 radical (unpaired) electrons. The average Bonchev–Trinajstić information content (AvgIpc) is 3.19. The Morgan fingerprint density at radius 3 is 2.80 bits per heavy atom. The zero-order chi connectivity index (χ0) is 22.1. The van der Waals surface area contributed by atoms with Crippen molar-refractivity contribution < 1.29 is 24.1 Å². The maximum absolute atomic E-state index is 11.4. The van der Waals surface area contributed by atoms with Crippen LogP contribution in [0.3, 0.4) is 0 Å². The smallest absolute Gasteiger partial charge is 0.343 e. The second-order valence-electron chi connectivity index (χ2n) is 8.97. The molecule has 1 N–H and O–H groups in total. The van der Waals surface area contributed by atoms with Crippen LogP contribution in [0.2, 0.25) is 0 Å². The zero-order valence-corrected chi connectivity index (χ0v) is 19.1. The third kappa shape index (κ3) is 6.49. The summed E-state index contributed by atoms with van der Waals surface area (Å²) in [5, 5.41) is 10.8.